The number of piperazine rings is 1. The highest BCUT2D eigenvalue weighted by molar-refractivity contribution is 7.99. The molecule has 2 nitrogen and oxygen atoms in total. The minimum absolute atomic E-state index is 0.0910. The van der Waals surface area contributed by atoms with Crippen molar-refractivity contribution in [1.82, 2.24) is 9.80 Å². The van der Waals surface area contributed by atoms with Crippen LogP contribution in [0.5, 0.6) is 0 Å². The van der Waals surface area contributed by atoms with Gasteiger partial charge >= 0.3 is 0 Å². The Morgan fingerprint density at radius 2 is 1.75 bits per heavy atom. The minimum atomic E-state index is -0.0910. The fourth-order valence-corrected chi connectivity index (χ4v) is 3.66. The SMILES string of the molecule is Fc1ccccc1SCCN1CCN(CC2CC2)CC1. The molecule has 2 aliphatic rings. The Morgan fingerprint density at radius 1 is 1.05 bits per heavy atom. The maximum Gasteiger partial charge on any atom is 0.136 e. The van der Waals surface area contributed by atoms with Gasteiger partial charge in [0.2, 0.25) is 0 Å². The fraction of sp³-hybridized carbons (Fsp3) is 0.625. The molecule has 0 radical (unpaired) electrons. The molecule has 0 atom stereocenters. The van der Waals surface area contributed by atoms with Crippen molar-refractivity contribution in [1.29, 1.82) is 0 Å². The molecule has 0 amide bonds. The first kappa shape index (κ1) is 14.4. The highest BCUT2D eigenvalue weighted by Gasteiger charge is 2.26. The second-order valence-corrected chi connectivity index (χ2v) is 7.00. The Balaban J connectivity index is 1.34. The Morgan fingerprint density at radius 3 is 2.45 bits per heavy atom. The lowest BCUT2D eigenvalue weighted by atomic mass is 10.3. The van der Waals surface area contributed by atoms with E-state index in [9.17, 15) is 4.39 Å². The molecule has 3 rings (SSSR count). The predicted molar refractivity (Wildman–Crippen MR) is 82.7 cm³/mol. The van der Waals surface area contributed by atoms with E-state index in [-0.39, 0.29) is 5.82 Å². The third-order valence-corrected chi connectivity index (χ3v) is 5.21. The molecular formula is C16H23FN2S. The van der Waals surface area contributed by atoms with E-state index in [4.69, 9.17) is 0 Å². The molecule has 0 aromatic heterocycles. The van der Waals surface area contributed by atoms with Crippen molar-refractivity contribution in [2.24, 2.45) is 5.92 Å². The topological polar surface area (TPSA) is 6.48 Å². The molecule has 110 valence electrons. The zero-order chi connectivity index (χ0) is 13.8. The summed E-state index contributed by atoms with van der Waals surface area (Å²) in [5.41, 5.74) is 0. The highest BCUT2D eigenvalue weighted by Crippen LogP contribution is 2.30. The molecule has 0 bridgehead atoms. The maximum atomic E-state index is 13.5. The first-order valence-corrected chi connectivity index (χ1v) is 8.62. The van der Waals surface area contributed by atoms with Crippen LogP contribution in [0.2, 0.25) is 0 Å². The van der Waals surface area contributed by atoms with E-state index < -0.39 is 0 Å². The van der Waals surface area contributed by atoms with E-state index in [1.54, 1.807) is 23.9 Å². The number of benzene rings is 1. The van der Waals surface area contributed by atoms with Crippen molar-refractivity contribution in [3.05, 3.63) is 30.1 Å². The predicted octanol–water partition coefficient (Wildman–Crippen LogP) is 2.95. The summed E-state index contributed by atoms with van der Waals surface area (Å²) in [5.74, 6) is 1.88. The second kappa shape index (κ2) is 6.92. The van der Waals surface area contributed by atoms with Crippen LogP contribution >= 0.6 is 11.8 Å². The van der Waals surface area contributed by atoms with Gasteiger partial charge in [0.15, 0.2) is 0 Å². The van der Waals surface area contributed by atoms with E-state index in [2.05, 4.69) is 9.80 Å². The van der Waals surface area contributed by atoms with Gasteiger partial charge in [-0.1, -0.05) is 12.1 Å². The smallest absolute Gasteiger partial charge is 0.136 e. The number of hydrogen-bond donors (Lipinski definition) is 0. The molecule has 0 unspecified atom stereocenters. The van der Waals surface area contributed by atoms with Crippen LogP contribution in [0, 0.1) is 11.7 Å². The first-order chi connectivity index (χ1) is 9.81. The van der Waals surface area contributed by atoms with Gasteiger partial charge in [-0.2, -0.15) is 0 Å². The normalized spacial score (nSPS) is 21.2. The number of halogens is 1. The quantitative estimate of drug-likeness (QED) is 0.745. The van der Waals surface area contributed by atoms with Crippen LogP contribution in [0.4, 0.5) is 4.39 Å². The number of rotatable bonds is 6. The molecule has 1 aromatic carbocycles. The van der Waals surface area contributed by atoms with E-state index in [0.29, 0.717) is 0 Å². The molecule has 1 aromatic rings. The van der Waals surface area contributed by atoms with Crippen LogP contribution in [-0.2, 0) is 0 Å². The molecule has 1 saturated carbocycles. The van der Waals surface area contributed by atoms with Crippen molar-refractivity contribution >= 4 is 11.8 Å². The lowest BCUT2D eigenvalue weighted by Crippen LogP contribution is -2.47. The number of thioether (sulfide) groups is 1. The Bertz CT molecular complexity index is 428. The monoisotopic (exact) mass is 294 g/mol. The van der Waals surface area contributed by atoms with Crippen LogP contribution in [0.15, 0.2) is 29.2 Å². The zero-order valence-electron chi connectivity index (χ0n) is 11.9. The van der Waals surface area contributed by atoms with Crippen LogP contribution < -0.4 is 0 Å². The summed E-state index contributed by atoms with van der Waals surface area (Å²) < 4.78 is 13.5. The average molecular weight is 294 g/mol. The summed E-state index contributed by atoms with van der Waals surface area (Å²) in [7, 11) is 0. The molecule has 1 aliphatic heterocycles. The van der Waals surface area contributed by atoms with Gasteiger partial charge < -0.3 is 4.90 Å². The standard InChI is InChI=1S/C16H23FN2S/c17-15-3-1-2-4-16(15)20-12-11-18-7-9-19(10-8-18)13-14-5-6-14/h1-4,14H,5-13H2. The van der Waals surface area contributed by atoms with Crippen molar-refractivity contribution in [3.63, 3.8) is 0 Å². The zero-order valence-corrected chi connectivity index (χ0v) is 12.7. The third kappa shape index (κ3) is 4.21. The maximum absolute atomic E-state index is 13.5. The molecule has 1 aliphatic carbocycles. The van der Waals surface area contributed by atoms with E-state index in [0.717, 1.165) is 23.1 Å². The molecular weight excluding hydrogens is 271 g/mol. The van der Waals surface area contributed by atoms with Crippen molar-refractivity contribution < 1.29 is 4.39 Å². The van der Waals surface area contributed by atoms with Gasteiger partial charge in [-0.25, -0.2) is 4.39 Å². The Labute approximate surface area is 125 Å². The Hall–Kier alpha value is -0.580. The largest absolute Gasteiger partial charge is 0.301 e. The van der Waals surface area contributed by atoms with Crippen molar-refractivity contribution in [2.45, 2.75) is 17.7 Å². The molecule has 0 N–H and O–H groups in total. The number of nitrogens with zero attached hydrogens (tertiary/aromatic N) is 2. The fourth-order valence-electron chi connectivity index (χ4n) is 2.71. The molecule has 4 heteroatoms. The van der Waals surface area contributed by atoms with Gasteiger partial charge in [-0.05, 0) is 30.9 Å². The summed E-state index contributed by atoms with van der Waals surface area (Å²) in [4.78, 5) is 5.90. The van der Waals surface area contributed by atoms with Crippen LogP contribution in [-0.4, -0.2) is 54.8 Å². The molecule has 20 heavy (non-hydrogen) atoms. The molecule has 0 spiro atoms. The van der Waals surface area contributed by atoms with Gasteiger partial charge in [-0.15, -0.1) is 11.8 Å². The lowest BCUT2D eigenvalue weighted by molar-refractivity contribution is 0.134. The Kier molecular flexibility index (Phi) is 4.97. The molecule has 1 heterocycles. The van der Waals surface area contributed by atoms with Gasteiger partial charge in [0.1, 0.15) is 5.82 Å². The minimum Gasteiger partial charge on any atom is -0.301 e. The van der Waals surface area contributed by atoms with Crippen LogP contribution in [0.25, 0.3) is 0 Å². The first-order valence-electron chi connectivity index (χ1n) is 7.63. The summed E-state index contributed by atoms with van der Waals surface area (Å²) in [5, 5.41) is 0. The van der Waals surface area contributed by atoms with E-state index in [1.165, 1.54) is 45.6 Å². The lowest BCUT2D eigenvalue weighted by Gasteiger charge is -2.34. The second-order valence-electron chi connectivity index (χ2n) is 5.86. The highest BCUT2D eigenvalue weighted by atomic mass is 32.2. The van der Waals surface area contributed by atoms with Gasteiger partial charge in [0, 0.05) is 49.9 Å². The van der Waals surface area contributed by atoms with Crippen LogP contribution in [0.1, 0.15) is 12.8 Å². The third-order valence-electron chi connectivity index (χ3n) is 4.18. The summed E-state index contributed by atoms with van der Waals surface area (Å²) >= 11 is 1.63. The van der Waals surface area contributed by atoms with Gasteiger partial charge in [0.25, 0.3) is 0 Å². The van der Waals surface area contributed by atoms with Crippen molar-refractivity contribution in [2.75, 3.05) is 45.0 Å². The number of hydrogen-bond acceptors (Lipinski definition) is 3. The van der Waals surface area contributed by atoms with Gasteiger partial charge in [0.05, 0.1) is 0 Å². The van der Waals surface area contributed by atoms with Crippen LogP contribution in [0.3, 0.4) is 0 Å². The molecule has 1 saturated heterocycles. The van der Waals surface area contributed by atoms with E-state index in [1.807, 2.05) is 12.1 Å². The van der Waals surface area contributed by atoms with Crippen molar-refractivity contribution in [3.8, 4) is 0 Å². The summed E-state index contributed by atoms with van der Waals surface area (Å²) in [6.45, 7) is 7.14. The average Bonchev–Trinajstić information content (AvgIpc) is 3.27. The van der Waals surface area contributed by atoms with Gasteiger partial charge in [-0.3, -0.25) is 4.90 Å². The summed E-state index contributed by atoms with van der Waals surface area (Å²) in [6, 6.07) is 7.06. The summed E-state index contributed by atoms with van der Waals surface area (Å²) in [6.07, 6.45) is 2.89. The molecule has 2 fully saturated rings. The van der Waals surface area contributed by atoms with E-state index >= 15 is 0 Å².